The summed E-state index contributed by atoms with van der Waals surface area (Å²) in [6, 6.07) is 0. The molecule has 2 unspecified atom stereocenters. The number of hydrogen-bond donors (Lipinski definition) is 1. The van der Waals surface area contributed by atoms with Crippen LogP contribution in [0.25, 0.3) is 0 Å². The Bertz CT molecular complexity index is 1240. The van der Waals surface area contributed by atoms with E-state index in [9.17, 15) is 19.0 Å². The zero-order valence-corrected chi connectivity index (χ0v) is 47.9. The first-order valence-corrected chi connectivity index (χ1v) is 31.6. The number of phosphoric ester groups is 1. The summed E-state index contributed by atoms with van der Waals surface area (Å²) in [5.74, 6) is -0.779. The fourth-order valence-electron chi connectivity index (χ4n) is 8.81. The number of ether oxygens (including phenoxy) is 2. The second kappa shape index (κ2) is 52.4. The summed E-state index contributed by atoms with van der Waals surface area (Å²) in [7, 11) is 1.49. The summed E-state index contributed by atoms with van der Waals surface area (Å²) in [5, 5.41) is 0. The van der Waals surface area contributed by atoms with E-state index in [1.807, 2.05) is 21.1 Å². The number of likely N-dealkylation sites (N-methyl/N-ethyl adjacent to an activating group) is 1. The molecule has 0 saturated heterocycles. The lowest BCUT2D eigenvalue weighted by molar-refractivity contribution is -0.870. The van der Waals surface area contributed by atoms with Crippen molar-refractivity contribution in [1.82, 2.24) is 0 Å². The van der Waals surface area contributed by atoms with Crippen molar-refractivity contribution in [3.63, 3.8) is 0 Å². The van der Waals surface area contributed by atoms with Crippen LogP contribution in [-0.2, 0) is 32.7 Å². The molecule has 0 amide bonds. The predicted molar refractivity (Wildman–Crippen MR) is 298 cm³/mol. The molecular weight excluding hydrogens is 894 g/mol. The van der Waals surface area contributed by atoms with Gasteiger partial charge in [0.15, 0.2) is 6.10 Å². The van der Waals surface area contributed by atoms with Crippen LogP contribution < -0.4 is 0 Å². The van der Waals surface area contributed by atoms with Crippen molar-refractivity contribution in [3.05, 3.63) is 24.3 Å². The highest BCUT2D eigenvalue weighted by Gasteiger charge is 2.27. The van der Waals surface area contributed by atoms with Crippen LogP contribution in [0.3, 0.4) is 0 Å². The van der Waals surface area contributed by atoms with Crippen LogP contribution >= 0.6 is 7.82 Å². The Hall–Kier alpha value is -1.51. The zero-order chi connectivity index (χ0) is 51.3. The van der Waals surface area contributed by atoms with Crippen molar-refractivity contribution in [2.45, 2.75) is 302 Å². The number of phosphoric acid groups is 1. The van der Waals surface area contributed by atoms with E-state index in [0.717, 1.165) is 38.5 Å². The SMILES string of the molecule is CCCCCCC/C=C\C/C=C\CCCCCCCCCCCCCCCCCC(=O)OC(COC(=O)CCCCCCCCCCCCCCCCCCCCC)COP(=O)(O)OCC[N+](C)(C)C. The van der Waals surface area contributed by atoms with Gasteiger partial charge in [-0.3, -0.25) is 18.6 Å². The Balaban J connectivity index is 4.09. The highest BCUT2D eigenvalue weighted by molar-refractivity contribution is 7.47. The van der Waals surface area contributed by atoms with Gasteiger partial charge in [-0.2, -0.15) is 0 Å². The third kappa shape index (κ3) is 55.8. The van der Waals surface area contributed by atoms with Gasteiger partial charge < -0.3 is 18.9 Å². The molecule has 0 fully saturated rings. The number of carbonyl (C=O) groups excluding carboxylic acids is 2. The topological polar surface area (TPSA) is 108 Å². The van der Waals surface area contributed by atoms with Crippen molar-refractivity contribution in [2.24, 2.45) is 0 Å². The van der Waals surface area contributed by atoms with Crippen LogP contribution in [0, 0.1) is 0 Å². The summed E-state index contributed by atoms with van der Waals surface area (Å²) < 4.78 is 34.6. The molecule has 0 saturated carbocycles. The molecule has 1 N–H and O–H groups in total. The van der Waals surface area contributed by atoms with E-state index in [4.69, 9.17) is 18.5 Å². The molecule has 0 rings (SSSR count). The summed E-state index contributed by atoms with van der Waals surface area (Å²) in [6.07, 6.45) is 62.5. The minimum atomic E-state index is -4.38. The van der Waals surface area contributed by atoms with Crippen LogP contribution in [0.15, 0.2) is 24.3 Å². The Labute approximate surface area is 434 Å². The maximum absolute atomic E-state index is 12.8. The number of esters is 2. The summed E-state index contributed by atoms with van der Waals surface area (Å²) in [4.78, 5) is 35.7. The molecular formula is C60H117NO8P+. The van der Waals surface area contributed by atoms with E-state index in [0.29, 0.717) is 23.9 Å². The van der Waals surface area contributed by atoms with E-state index < -0.39 is 26.5 Å². The number of carbonyl (C=O) groups is 2. The molecule has 0 aromatic carbocycles. The summed E-state index contributed by atoms with van der Waals surface area (Å²) in [5.41, 5.74) is 0. The highest BCUT2D eigenvalue weighted by atomic mass is 31.2. The van der Waals surface area contributed by atoms with E-state index in [1.165, 1.54) is 225 Å². The van der Waals surface area contributed by atoms with Gasteiger partial charge in [0.2, 0.25) is 0 Å². The maximum Gasteiger partial charge on any atom is 0.472 e. The van der Waals surface area contributed by atoms with Crippen LogP contribution in [0.4, 0.5) is 0 Å². The average molecular weight is 1010 g/mol. The molecule has 0 radical (unpaired) electrons. The van der Waals surface area contributed by atoms with Gasteiger partial charge in [0.25, 0.3) is 0 Å². The van der Waals surface area contributed by atoms with Gasteiger partial charge in [0.1, 0.15) is 19.8 Å². The number of rotatable bonds is 56. The molecule has 0 spiro atoms. The Kier molecular flexibility index (Phi) is 51.2. The molecule has 0 aliphatic rings. The molecule has 0 bridgehead atoms. The van der Waals surface area contributed by atoms with E-state index >= 15 is 0 Å². The lowest BCUT2D eigenvalue weighted by atomic mass is 10.0. The van der Waals surface area contributed by atoms with Crippen LogP contribution in [0.2, 0.25) is 0 Å². The van der Waals surface area contributed by atoms with Crippen molar-refractivity contribution in [1.29, 1.82) is 0 Å². The highest BCUT2D eigenvalue weighted by Crippen LogP contribution is 2.43. The van der Waals surface area contributed by atoms with Gasteiger partial charge in [0.05, 0.1) is 27.7 Å². The largest absolute Gasteiger partial charge is 0.472 e. The van der Waals surface area contributed by atoms with Gasteiger partial charge in [-0.1, -0.05) is 263 Å². The Morgan fingerprint density at radius 3 is 1.13 bits per heavy atom. The quantitative estimate of drug-likeness (QED) is 0.0211. The first kappa shape index (κ1) is 68.5. The van der Waals surface area contributed by atoms with Crippen molar-refractivity contribution >= 4 is 19.8 Å². The molecule has 0 heterocycles. The number of hydrogen-bond acceptors (Lipinski definition) is 7. The number of nitrogens with zero attached hydrogens (tertiary/aromatic N) is 1. The molecule has 0 aliphatic heterocycles. The number of allylic oxidation sites excluding steroid dienone is 4. The normalized spacial score (nSPS) is 13.4. The van der Waals surface area contributed by atoms with Crippen LogP contribution in [0.5, 0.6) is 0 Å². The Morgan fingerprint density at radius 2 is 0.771 bits per heavy atom. The van der Waals surface area contributed by atoms with Crippen molar-refractivity contribution in [3.8, 4) is 0 Å². The number of unbranched alkanes of at least 4 members (excludes halogenated alkanes) is 38. The first-order chi connectivity index (χ1) is 34.0. The summed E-state index contributed by atoms with van der Waals surface area (Å²) in [6.45, 7) is 4.48. The van der Waals surface area contributed by atoms with Crippen LogP contribution in [0.1, 0.15) is 296 Å². The lowest BCUT2D eigenvalue weighted by Gasteiger charge is -2.24. The van der Waals surface area contributed by atoms with E-state index in [2.05, 4.69) is 38.2 Å². The fourth-order valence-corrected chi connectivity index (χ4v) is 9.56. The lowest BCUT2D eigenvalue weighted by Crippen LogP contribution is -2.37. The number of quaternary nitrogens is 1. The second-order valence-electron chi connectivity index (χ2n) is 21.7. The fraction of sp³-hybridized carbons (Fsp3) is 0.900. The molecule has 0 aromatic rings. The molecule has 2 atom stereocenters. The third-order valence-electron chi connectivity index (χ3n) is 13.5. The average Bonchev–Trinajstić information content (AvgIpc) is 3.32. The standard InChI is InChI=1S/C60H116NO8P/c1-6-8-10-12-14-16-18-20-22-24-26-27-28-29-30-31-32-33-35-37-39-41-43-45-47-49-51-53-60(63)69-58(57-68-70(64,65)67-55-54-61(3,4)5)56-66-59(62)52-50-48-46-44-42-40-38-36-34-25-23-21-19-17-15-13-11-9-7-2/h18,20,24,26,58H,6-17,19,21-23,25,27-57H2,1-5H3/p+1/b20-18-,26-24-. The van der Waals surface area contributed by atoms with Gasteiger partial charge in [-0.25, -0.2) is 4.57 Å². The smallest absolute Gasteiger partial charge is 0.462 e. The monoisotopic (exact) mass is 1010 g/mol. The molecule has 70 heavy (non-hydrogen) atoms. The Morgan fingerprint density at radius 1 is 0.443 bits per heavy atom. The van der Waals surface area contributed by atoms with E-state index in [1.54, 1.807) is 0 Å². The van der Waals surface area contributed by atoms with Gasteiger partial charge >= 0.3 is 19.8 Å². The summed E-state index contributed by atoms with van der Waals surface area (Å²) >= 11 is 0. The van der Waals surface area contributed by atoms with Crippen molar-refractivity contribution in [2.75, 3.05) is 47.5 Å². The predicted octanol–water partition coefficient (Wildman–Crippen LogP) is 18.6. The van der Waals surface area contributed by atoms with E-state index in [-0.39, 0.29) is 25.6 Å². The molecule has 10 heteroatoms. The van der Waals surface area contributed by atoms with Crippen LogP contribution in [-0.4, -0.2) is 74.9 Å². The van der Waals surface area contributed by atoms with Crippen molar-refractivity contribution < 1.29 is 42.1 Å². The van der Waals surface area contributed by atoms with Gasteiger partial charge in [-0.15, -0.1) is 0 Å². The molecule has 0 aliphatic carbocycles. The molecule has 9 nitrogen and oxygen atoms in total. The van der Waals surface area contributed by atoms with Gasteiger partial charge in [0, 0.05) is 12.8 Å². The third-order valence-corrected chi connectivity index (χ3v) is 14.5. The second-order valence-corrected chi connectivity index (χ2v) is 23.2. The zero-order valence-electron chi connectivity index (χ0n) is 47.0. The maximum atomic E-state index is 12.8. The first-order valence-electron chi connectivity index (χ1n) is 30.1. The minimum Gasteiger partial charge on any atom is -0.462 e. The minimum absolute atomic E-state index is 0.0349. The molecule has 414 valence electrons. The van der Waals surface area contributed by atoms with Gasteiger partial charge in [-0.05, 0) is 44.9 Å². The molecule has 0 aromatic heterocycles.